The number of amides is 1. The molecule has 0 radical (unpaired) electrons. The standard InChI is InChI=1S/C15H17Cl2NO3/c1-9-2-3-11(15(20)21)8-18(9)14(19)6-10-4-5-12(16)7-13(10)17/h4-5,7,9,11H,2-3,6,8H2,1H3,(H,20,21). The van der Waals surface area contributed by atoms with Gasteiger partial charge in [0.2, 0.25) is 5.91 Å². The zero-order valence-corrected chi connectivity index (χ0v) is 13.2. The summed E-state index contributed by atoms with van der Waals surface area (Å²) in [5.41, 5.74) is 0.704. The molecule has 1 aromatic carbocycles. The van der Waals surface area contributed by atoms with Crippen LogP contribution in [0.15, 0.2) is 18.2 Å². The Morgan fingerprint density at radius 2 is 2.05 bits per heavy atom. The van der Waals surface area contributed by atoms with Crippen LogP contribution in [0.4, 0.5) is 0 Å². The number of aliphatic carboxylic acids is 1. The number of hydrogen-bond acceptors (Lipinski definition) is 2. The van der Waals surface area contributed by atoms with Gasteiger partial charge in [0.05, 0.1) is 12.3 Å². The fraction of sp³-hybridized carbons (Fsp3) is 0.467. The quantitative estimate of drug-likeness (QED) is 0.926. The summed E-state index contributed by atoms with van der Waals surface area (Å²) >= 11 is 11.9. The maximum Gasteiger partial charge on any atom is 0.308 e. The lowest BCUT2D eigenvalue weighted by atomic mass is 9.93. The molecule has 1 aliphatic heterocycles. The van der Waals surface area contributed by atoms with Crippen LogP contribution in [0.3, 0.4) is 0 Å². The molecule has 0 bridgehead atoms. The first-order chi connectivity index (χ1) is 9.88. The van der Waals surface area contributed by atoms with Crippen molar-refractivity contribution in [2.24, 2.45) is 5.92 Å². The van der Waals surface area contributed by atoms with Crippen LogP contribution < -0.4 is 0 Å². The van der Waals surface area contributed by atoms with E-state index in [1.165, 1.54) is 0 Å². The summed E-state index contributed by atoms with van der Waals surface area (Å²) in [5, 5.41) is 10.1. The van der Waals surface area contributed by atoms with Gasteiger partial charge in [-0.15, -0.1) is 0 Å². The summed E-state index contributed by atoms with van der Waals surface area (Å²) in [4.78, 5) is 25.2. The van der Waals surface area contributed by atoms with Gasteiger partial charge in [-0.2, -0.15) is 0 Å². The fourth-order valence-corrected chi connectivity index (χ4v) is 3.06. The molecule has 114 valence electrons. The van der Waals surface area contributed by atoms with Crippen LogP contribution in [0.1, 0.15) is 25.3 Å². The number of carboxylic acid groups (broad SMARTS) is 1. The van der Waals surface area contributed by atoms with E-state index in [-0.39, 0.29) is 24.9 Å². The minimum atomic E-state index is -0.843. The molecule has 1 saturated heterocycles. The Morgan fingerprint density at radius 3 is 2.67 bits per heavy atom. The van der Waals surface area contributed by atoms with E-state index in [1.807, 2.05) is 6.92 Å². The van der Waals surface area contributed by atoms with E-state index in [2.05, 4.69) is 0 Å². The second kappa shape index (κ2) is 6.67. The van der Waals surface area contributed by atoms with E-state index in [0.29, 0.717) is 28.5 Å². The van der Waals surface area contributed by atoms with Crippen LogP contribution in [0.5, 0.6) is 0 Å². The van der Waals surface area contributed by atoms with Crippen molar-refractivity contribution in [2.45, 2.75) is 32.2 Å². The van der Waals surface area contributed by atoms with Crippen LogP contribution in [0.25, 0.3) is 0 Å². The second-order valence-electron chi connectivity index (χ2n) is 5.42. The molecule has 1 aliphatic rings. The van der Waals surface area contributed by atoms with Gasteiger partial charge in [-0.05, 0) is 37.5 Å². The van der Waals surface area contributed by atoms with Crippen molar-refractivity contribution in [2.75, 3.05) is 6.54 Å². The van der Waals surface area contributed by atoms with E-state index < -0.39 is 11.9 Å². The predicted molar refractivity (Wildman–Crippen MR) is 81.7 cm³/mol. The monoisotopic (exact) mass is 329 g/mol. The Bertz CT molecular complexity index is 562. The summed E-state index contributed by atoms with van der Waals surface area (Å²) in [5.74, 6) is -1.42. The zero-order chi connectivity index (χ0) is 15.6. The van der Waals surface area contributed by atoms with Gasteiger partial charge in [0, 0.05) is 22.6 Å². The molecule has 0 aliphatic carbocycles. The van der Waals surface area contributed by atoms with Gasteiger partial charge in [-0.3, -0.25) is 9.59 Å². The van der Waals surface area contributed by atoms with Gasteiger partial charge in [0.25, 0.3) is 0 Å². The highest BCUT2D eigenvalue weighted by molar-refractivity contribution is 6.35. The van der Waals surface area contributed by atoms with Crippen molar-refractivity contribution in [1.29, 1.82) is 0 Å². The van der Waals surface area contributed by atoms with E-state index in [0.717, 1.165) is 0 Å². The lowest BCUT2D eigenvalue weighted by Crippen LogP contribution is -2.47. The maximum atomic E-state index is 12.4. The lowest BCUT2D eigenvalue weighted by molar-refractivity contribution is -0.146. The minimum Gasteiger partial charge on any atom is -0.481 e. The van der Waals surface area contributed by atoms with Crippen molar-refractivity contribution >= 4 is 35.1 Å². The molecule has 2 rings (SSSR count). The van der Waals surface area contributed by atoms with Gasteiger partial charge in [-0.25, -0.2) is 0 Å². The van der Waals surface area contributed by atoms with Crippen molar-refractivity contribution < 1.29 is 14.7 Å². The Kier molecular flexibility index (Phi) is 5.12. The first-order valence-corrected chi connectivity index (χ1v) is 7.60. The maximum absolute atomic E-state index is 12.4. The number of piperidine rings is 1. The molecule has 1 aromatic rings. The molecule has 0 saturated carbocycles. The third-order valence-corrected chi connectivity index (χ3v) is 4.50. The number of likely N-dealkylation sites (tertiary alicyclic amines) is 1. The number of rotatable bonds is 3. The fourth-order valence-electron chi connectivity index (χ4n) is 2.59. The molecule has 1 N–H and O–H groups in total. The van der Waals surface area contributed by atoms with Crippen LogP contribution in [0, 0.1) is 5.92 Å². The largest absolute Gasteiger partial charge is 0.481 e. The molecule has 0 spiro atoms. The molecule has 0 aromatic heterocycles. The Morgan fingerprint density at radius 1 is 1.33 bits per heavy atom. The molecule has 1 amide bonds. The lowest BCUT2D eigenvalue weighted by Gasteiger charge is -2.36. The normalized spacial score (nSPS) is 22.1. The third kappa shape index (κ3) is 3.89. The number of halogens is 2. The minimum absolute atomic E-state index is 0.0548. The SMILES string of the molecule is CC1CCC(C(=O)O)CN1C(=O)Cc1ccc(Cl)cc1Cl. The number of benzene rings is 1. The molecule has 21 heavy (non-hydrogen) atoms. The highest BCUT2D eigenvalue weighted by Gasteiger charge is 2.32. The van der Waals surface area contributed by atoms with Crippen LogP contribution in [-0.2, 0) is 16.0 Å². The second-order valence-corrected chi connectivity index (χ2v) is 6.26. The Labute approximate surface area is 133 Å². The van der Waals surface area contributed by atoms with Crippen LogP contribution >= 0.6 is 23.2 Å². The summed E-state index contributed by atoms with van der Waals surface area (Å²) in [6.45, 7) is 2.21. The third-order valence-electron chi connectivity index (χ3n) is 3.91. The van der Waals surface area contributed by atoms with Crippen molar-refractivity contribution in [3.63, 3.8) is 0 Å². The topological polar surface area (TPSA) is 57.6 Å². The number of carbonyl (C=O) groups excluding carboxylic acids is 1. The smallest absolute Gasteiger partial charge is 0.308 e. The summed E-state index contributed by atoms with van der Waals surface area (Å²) in [7, 11) is 0. The first-order valence-electron chi connectivity index (χ1n) is 6.84. The average molecular weight is 330 g/mol. The van der Waals surface area contributed by atoms with Gasteiger partial charge in [0.15, 0.2) is 0 Å². The zero-order valence-electron chi connectivity index (χ0n) is 11.7. The average Bonchev–Trinajstić information content (AvgIpc) is 2.42. The number of carboxylic acids is 1. The number of hydrogen-bond donors (Lipinski definition) is 1. The molecule has 2 atom stereocenters. The predicted octanol–water partition coefficient (Wildman–Crippen LogP) is 3.25. The number of carbonyl (C=O) groups is 2. The Hall–Kier alpha value is -1.26. The van der Waals surface area contributed by atoms with E-state index in [1.54, 1.807) is 23.1 Å². The summed E-state index contributed by atoms with van der Waals surface area (Å²) in [6.07, 6.45) is 1.48. The molecule has 6 heteroatoms. The van der Waals surface area contributed by atoms with Crippen molar-refractivity contribution in [3.05, 3.63) is 33.8 Å². The molecule has 1 heterocycles. The summed E-state index contributed by atoms with van der Waals surface area (Å²) < 4.78 is 0. The van der Waals surface area contributed by atoms with Crippen molar-refractivity contribution in [3.8, 4) is 0 Å². The van der Waals surface area contributed by atoms with E-state index in [4.69, 9.17) is 28.3 Å². The van der Waals surface area contributed by atoms with Gasteiger partial charge < -0.3 is 10.0 Å². The van der Waals surface area contributed by atoms with Gasteiger partial charge >= 0.3 is 5.97 Å². The van der Waals surface area contributed by atoms with Crippen molar-refractivity contribution in [1.82, 2.24) is 4.90 Å². The highest BCUT2D eigenvalue weighted by Crippen LogP contribution is 2.25. The first kappa shape index (κ1) is 16.1. The van der Waals surface area contributed by atoms with Crippen LogP contribution in [-0.4, -0.2) is 34.5 Å². The van der Waals surface area contributed by atoms with Crippen LogP contribution in [0.2, 0.25) is 10.0 Å². The molecule has 2 unspecified atom stereocenters. The molecular formula is C15H17Cl2NO3. The summed E-state index contributed by atoms with van der Waals surface area (Å²) in [6, 6.07) is 5.08. The molecular weight excluding hydrogens is 313 g/mol. The van der Waals surface area contributed by atoms with Gasteiger partial charge in [-0.1, -0.05) is 29.3 Å². The van der Waals surface area contributed by atoms with E-state index >= 15 is 0 Å². The Balaban J connectivity index is 2.09. The van der Waals surface area contributed by atoms with Gasteiger partial charge in [0.1, 0.15) is 0 Å². The highest BCUT2D eigenvalue weighted by atomic mass is 35.5. The van der Waals surface area contributed by atoms with E-state index in [9.17, 15) is 9.59 Å². The molecule has 1 fully saturated rings. The molecule has 4 nitrogen and oxygen atoms in total. The number of nitrogens with zero attached hydrogens (tertiary/aromatic N) is 1.